The highest BCUT2D eigenvalue weighted by Crippen LogP contribution is 2.17. The van der Waals surface area contributed by atoms with E-state index in [1.54, 1.807) is 4.90 Å². The van der Waals surface area contributed by atoms with E-state index in [9.17, 15) is 9.59 Å². The minimum absolute atomic E-state index is 0.0262. The van der Waals surface area contributed by atoms with Gasteiger partial charge in [-0.05, 0) is 24.1 Å². The molecule has 1 fully saturated rings. The summed E-state index contributed by atoms with van der Waals surface area (Å²) in [7, 11) is 0. The fraction of sp³-hybridized carbons (Fsp3) is 0.300. The summed E-state index contributed by atoms with van der Waals surface area (Å²) in [6.45, 7) is 3.46. The Kier molecular flexibility index (Phi) is 5.46. The normalized spacial score (nSPS) is 17.4. The van der Waals surface area contributed by atoms with Crippen LogP contribution in [0, 0.1) is 6.92 Å². The summed E-state index contributed by atoms with van der Waals surface area (Å²) in [5, 5.41) is 2.85. The first-order valence-corrected chi connectivity index (χ1v) is 8.43. The number of ether oxygens (including phenoxy) is 1. The zero-order chi connectivity index (χ0) is 17.6. The lowest BCUT2D eigenvalue weighted by atomic mass is 10.1. The molecule has 0 spiro atoms. The Morgan fingerprint density at radius 3 is 2.64 bits per heavy atom. The van der Waals surface area contributed by atoms with Crippen molar-refractivity contribution in [3.05, 3.63) is 65.7 Å². The third-order valence-electron chi connectivity index (χ3n) is 4.27. The van der Waals surface area contributed by atoms with Crippen LogP contribution in [-0.4, -0.2) is 36.0 Å². The highest BCUT2D eigenvalue weighted by atomic mass is 16.5. The summed E-state index contributed by atoms with van der Waals surface area (Å²) in [6.07, 6.45) is -0.695. The SMILES string of the molecule is Cc1ccccc1NC(=O)C[C@@H]1OCCN(Cc2ccccc2)C1=O. The Labute approximate surface area is 147 Å². The molecular weight excluding hydrogens is 316 g/mol. The van der Waals surface area contributed by atoms with E-state index in [-0.39, 0.29) is 18.2 Å². The molecule has 0 saturated carbocycles. The minimum atomic E-state index is -0.721. The molecule has 2 aromatic rings. The van der Waals surface area contributed by atoms with Gasteiger partial charge in [0.15, 0.2) is 0 Å². The number of anilines is 1. The molecule has 2 amide bonds. The number of hydrogen-bond acceptors (Lipinski definition) is 3. The van der Waals surface area contributed by atoms with E-state index in [2.05, 4.69) is 5.32 Å². The number of aryl methyl sites for hydroxylation is 1. The van der Waals surface area contributed by atoms with Crippen LogP contribution in [0.3, 0.4) is 0 Å². The molecule has 0 aliphatic carbocycles. The number of hydrogen-bond donors (Lipinski definition) is 1. The summed E-state index contributed by atoms with van der Waals surface area (Å²) in [5.41, 5.74) is 2.82. The van der Waals surface area contributed by atoms with Crippen LogP contribution in [0.4, 0.5) is 5.69 Å². The minimum Gasteiger partial charge on any atom is -0.366 e. The molecule has 25 heavy (non-hydrogen) atoms. The smallest absolute Gasteiger partial charge is 0.252 e. The van der Waals surface area contributed by atoms with Gasteiger partial charge in [-0.1, -0.05) is 48.5 Å². The zero-order valence-corrected chi connectivity index (χ0v) is 14.3. The summed E-state index contributed by atoms with van der Waals surface area (Å²) < 4.78 is 5.54. The summed E-state index contributed by atoms with van der Waals surface area (Å²) in [4.78, 5) is 26.6. The summed E-state index contributed by atoms with van der Waals surface area (Å²) >= 11 is 0. The van der Waals surface area contributed by atoms with Gasteiger partial charge in [0.2, 0.25) is 5.91 Å². The number of nitrogens with one attached hydrogen (secondary N) is 1. The molecule has 1 atom stereocenters. The fourth-order valence-corrected chi connectivity index (χ4v) is 2.88. The monoisotopic (exact) mass is 338 g/mol. The zero-order valence-electron chi connectivity index (χ0n) is 14.3. The van der Waals surface area contributed by atoms with Crippen LogP contribution in [0.5, 0.6) is 0 Å². The molecule has 1 aliphatic rings. The van der Waals surface area contributed by atoms with Gasteiger partial charge in [-0.3, -0.25) is 9.59 Å². The van der Waals surface area contributed by atoms with Gasteiger partial charge in [0.05, 0.1) is 13.0 Å². The van der Waals surface area contributed by atoms with Crippen LogP contribution in [0.1, 0.15) is 17.5 Å². The van der Waals surface area contributed by atoms with Crippen molar-refractivity contribution < 1.29 is 14.3 Å². The Hall–Kier alpha value is -2.66. The molecule has 0 aromatic heterocycles. The van der Waals surface area contributed by atoms with Crippen LogP contribution in [-0.2, 0) is 20.9 Å². The predicted molar refractivity (Wildman–Crippen MR) is 96.0 cm³/mol. The third kappa shape index (κ3) is 4.45. The van der Waals surface area contributed by atoms with Crippen molar-refractivity contribution in [3.63, 3.8) is 0 Å². The first-order valence-electron chi connectivity index (χ1n) is 8.43. The van der Waals surface area contributed by atoms with Crippen LogP contribution >= 0.6 is 0 Å². The number of benzene rings is 2. The molecule has 5 nitrogen and oxygen atoms in total. The van der Waals surface area contributed by atoms with E-state index in [0.29, 0.717) is 19.7 Å². The second-order valence-electron chi connectivity index (χ2n) is 6.17. The summed E-state index contributed by atoms with van der Waals surface area (Å²) in [6, 6.07) is 17.4. The van der Waals surface area contributed by atoms with Crippen LogP contribution in [0.15, 0.2) is 54.6 Å². The van der Waals surface area contributed by atoms with Crippen LogP contribution in [0.2, 0.25) is 0 Å². The highest BCUT2D eigenvalue weighted by Gasteiger charge is 2.31. The van der Waals surface area contributed by atoms with Crippen molar-refractivity contribution >= 4 is 17.5 Å². The second kappa shape index (κ2) is 7.94. The first-order chi connectivity index (χ1) is 12.1. The lowest BCUT2D eigenvalue weighted by molar-refractivity contribution is -0.155. The standard InChI is InChI=1S/C20H22N2O3/c1-15-7-5-6-10-17(15)21-19(23)13-18-20(24)22(11-12-25-18)14-16-8-3-2-4-9-16/h2-10,18H,11-14H2,1H3,(H,21,23)/t18-/m0/s1. The van der Waals surface area contributed by atoms with Gasteiger partial charge in [-0.25, -0.2) is 0 Å². The Morgan fingerprint density at radius 1 is 1.16 bits per heavy atom. The molecule has 0 bridgehead atoms. The maximum Gasteiger partial charge on any atom is 0.252 e. The largest absolute Gasteiger partial charge is 0.366 e. The molecule has 1 saturated heterocycles. The van der Waals surface area contributed by atoms with E-state index in [1.165, 1.54) is 0 Å². The maximum atomic E-state index is 12.6. The van der Waals surface area contributed by atoms with Gasteiger partial charge < -0.3 is 15.0 Å². The number of nitrogens with zero attached hydrogens (tertiary/aromatic N) is 1. The number of para-hydroxylation sites is 1. The highest BCUT2D eigenvalue weighted by molar-refractivity contribution is 5.95. The van der Waals surface area contributed by atoms with E-state index in [0.717, 1.165) is 16.8 Å². The average molecular weight is 338 g/mol. The Balaban J connectivity index is 1.59. The average Bonchev–Trinajstić information content (AvgIpc) is 2.61. The number of carbonyl (C=O) groups is 2. The van der Waals surface area contributed by atoms with E-state index >= 15 is 0 Å². The van der Waals surface area contributed by atoms with Crippen molar-refractivity contribution in [1.82, 2.24) is 4.90 Å². The summed E-state index contributed by atoms with van der Waals surface area (Å²) in [5.74, 6) is -0.343. The number of carbonyl (C=O) groups excluding carboxylic acids is 2. The number of rotatable bonds is 5. The second-order valence-corrected chi connectivity index (χ2v) is 6.17. The molecule has 1 heterocycles. The molecular formula is C20H22N2O3. The fourth-order valence-electron chi connectivity index (χ4n) is 2.88. The van der Waals surface area contributed by atoms with Crippen molar-refractivity contribution in [1.29, 1.82) is 0 Å². The van der Waals surface area contributed by atoms with Crippen LogP contribution < -0.4 is 5.32 Å². The molecule has 130 valence electrons. The van der Waals surface area contributed by atoms with Gasteiger partial charge in [0.25, 0.3) is 5.91 Å². The number of amides is 2. The Bertz CT molecular complexity index is 746. The van der Waals surface area contributed by atoms with Gasteiger partial charge in [-0.15, -0.1) is 0 Å². The molecule has 5 heteroatoms. The molecule has 0 radical (unpaired) electrons. The van der Waals surface area contributed by atoms with Crippen molar-refractivity contribution in [2.45, 2.75) is 26.0 Å². The van der Waals surface area contributed by atoms with Crippen LogP contribution in [0.25, 0.3) is 0 Å². The lowest BCUT2D eigenvalue weighted by Crippen LogP contribution is -2.48. The first kappa shape index (κ1) is 17.2. The van der Waals surface area contributed by atoms with Crippen molar-refractivity contribution in [2.24, 2.45) is 0 Å². The van der Waals surface area contributed by atoms with Gasteiger partial charge in [-0.2, -0.15) is 0 Å². The van der Waals surface area contributed by atoms with E-state index in [1.807, 2.05) is 61.5 Å². The Morgan fingerprint density at radius 2 is 1.88 bits per heavy atom. The van der Waals surface area contributed by atoms with Gasteiger partial charge in [0.1, 0.15) is 6.10 Å². The topological polar surface area (TPSA) is 58.6 Å². The van der Waals surface area contributed by atoms with E-state index in [4.69, 9.17) is 4.74 Å². The van der Waals surface area contributed by atoms with E-state index < -0.39 is 6.10 Å². The third-order valence-corrected chi connectivity index (χ3v) is 4.27. The molecule has 0 unspecified atom stereocenters. The maximum absolute atomic E-state index is 12.6. The van der Waals surface area contributed by atoms with Crippen molar-refractivity contribution in [2.75, 3.05) is 18.5 Å². The van der Waals surface area contributed by atoms with Crippen molar-refractivity contribution in [3.8, 4) is 0 Å². The quantitative estimate of drug-likeness (QED) is 0.912. The van der Waals surface area contributed by atoms with Gasteiger partial charge in [0, 0.05) is 18.8 Å². The molecule has 2 aromatic carbocycles. The molecule has 1 aliphatic heterocycles. The molecule has 3 rings (SSSR count). The van der Waals surface area contributed by atoms with Gasteiger partial charge >= 0.3 is 0 Å². The number of morpholine rings is 1. The lowest BCUT2D eigenvalue weighted by Gasteiger charge is -2.32. The molecule has 1 N–H and O–H groups in total. The predicted octanol–water partition coefficient (Wildman–Crippen LogP) is 2.75.